The van der Waals surface area contributed by atoms with Crippen molar-refractivity contribution in [2.24, 2.45) is 0 Å². The van der Waals surface area contributed by atoms with Gasteiger partial charge in [0.15, 0.2) is 11.6 Å². The molecule has 27 heavy (non-hydrogen) atoms. The molecule has 0 radical (unpaired) electrons. The summed E-state index contributed by atoms with van der Waals surface area (Å²) in [6, 6.07) is 9.21. The number of benzene rings is 2. The molecule has 1 saturated heterocycles. The van der Waals surface area contributed by atoms with Gasteiger partial charge in [0.05, 0.1) is 20.3 Å². The van der Waals surface area contributed by atoms with Gasteiger partial charge in [0.1, 0.15) is 11.5 Å². The monoisotopic (exact) mass is 376 g/mol. The molecule has 7 heteroatoms. The van der Waals surface area contributed by atoms with Crippen molar-refractivity contribution in [1.82, 2.24) is 4.90 Å². The Morgan fingerprint density at radius 1 is 1.04 bits per heavy atom. The van der Waals surface area contributed by atoms with Gasteiger partial charge in [-0.2, -0.15) is 0 Å². The molecule has 0 aromatic heterocycles. The highest BCUT2D eigenvalue weighted by Crippen LogP contribution is 2.28. The average Bonchev–Trinajstić information content (AvgIpc) is 2.69. The number of halogens is 2. The zero-order valence-electron chi connectivity index (χ0n) is 15.5. The number of hydrogen-bond acceptors (Lipinski definition) is 4. The van der Waals surface area contributed by atoms with Gasteiger partial charge in [-0.05, 0) is 43.3 Å². The van der Waals surface area contributed by atoms with Gasteiger partial charge in [0.2, 0.25) is 5.91 Å². The van der Waals surface area contributed by atoms with Crippen LogP contribution in [-0.4, -0.2) is 44.2 Å². The van der Waals surface area contributed by atoms with Crippen molar-refractivity contribution < 1.29 is 23.0 Å². The van der Waals surface area contributed by atoms with Crippen LogP contribution < -0.4 is 14.4 Å². The second-order valence-electron chi connectivity index (χ2n) is 6.38. The fourth-order valence-electron chi connectivity index (χ4n) is 3.27. The van der Waals surface area contributed by atoms with Gasteiger partial charge >= 0.3 is 0 Å². The molecule has 0 unspecified atom stereocenters. The molecule has 1 aliphatic rings. The molecule has 2 aromatic rings. The molecule has 0 spiro atoms. The summed E-state index contributed by atoms with van der Waals surface area (Å²) in [4.78, 5) is 16.4. The number of carbonyl (C=O) groups is 1. The standard InChI is InChI=1S/C20H22F2N2O3/c1-13-20(25)24(14-4-6-15(26-2)7-5-14)11-10-23(13)12-16-18(27-3)9-8-17(21)19(16)22/h4-9,13H,10-12H2,1-3H3/t13-/m1/s1. The Morgan fingerprint density at radius 3 is 2.37 bits per heavy atom. The fourth-order valence-corrected chi connectivity index (χ4v) is 3.27. The smallest absolute Gasteiger partial charge is 0.244 e. The van der Waals surface area contributed by atoms with Gasteiger partial charge in [-0.25, -0.2) is 8.78 Å². The number of hydrogen-bond donors (Lipinski definition) is 0. The lowest BCUT2D eigenvalue weighted by Crippen LogP contribution is -2.55. The van der Waals surface area contributed by atoms with Crippen molar-refractivity contribution in [2.75, 3.05) is 32.2 Å². The van der Waals surface area contributed by atoms with Crippen molar-refractivity contribution in [3.63, 3.8) is 0 Å². The molecule has 1 aliphatic heterocycles. The van der Waals surface area contributed by atoms with Crippen LogP contribution in [0, 0.1) is 11.6 Å². The lowest BCUT2D eigenvalue weighted by atomic mass is 10.1. The van der Waals surface area contributed by atoms with E-state index in [1.165, 1.54) is 13.2 Å². The molecule has 0 N–H and O–H groups in total. The Kier molecular flexibility index (Phi) is 5.60. The molecule has 0 aliphatic carbocycles. The number of anilines is 1. The second-order valence-corrected chi connectivity index (χ2v) is 6.38. The lowest BCUT2D eigenvalue weighted by Gasteiger charge is -2.39. The molecule has 144 valence electrons. The summed E-state index contributed by atoms with van der Waals surface area (Å²) < 4.78 is 38.2. The van der Waals surface area contributed by atoms with Crippen LogP contribution >= 0.6 is 0 Å². The van der Waals surface area contributed by atoms with E-state index in [9.17, 15) is 13.6 Å². The Hall–Kier alpha value is -2.67. The Labute approximate surface area is 157 Å². The fraction of sp³-hybridized carbons (Fsp3) is 0.350. The average molecular weight is 376 g/mol. The predicted molar refractivity (Wildman–Crippen MR) is 98.1 cm³/mol. The lowest BCUT2D eigenvalue weighted by molar-refractivity contribution is -0.125. The Balaban J connectivity index is 1.78. The maximum absolute atomic E-state index is 14.3. The minimum atomic E-state index is -0.938. The zero-order valence-corrected chi connectivity index (χ0v) is 15.5. The summed E-state index contributed by atoms with van der Waals surface area (Å²) in [5.74, 6) is -0.979. The second kappa shape index (κ2) is 7.92. The first-order valence-corrected chi connectivity index (χ1v) is 8.66. The minimum absolute atomic E-state index is 0.0934. The first kappa shape index (κ1) is 19.1. The van der Waals surface area contributed by atoms with E-state index in [4.69, 9.17) is 9.47 Å². The summed E-state index contributed by atoms with van der Waals surface area (Å²) in [6.45, 7) is 2.84. The maximum Gasteiger partial charge on any atom is 0.244 e. The number of ether oxygens (including phenoxy) is 2. The highest BCUT2D eigenvalue weighted by Gasteiger charge is 2.33. The molecular formula is C20H22F2N2O3. The van der Waals surface area contributed by atoms with E-state index in [2.05, 4.69) is 0 Å². The number of carbonyl (C=O) groups excluding carboxylic acids is 1. The third-order valence-corrected chi connectivity index (χ3v) is 4.90. The van der Waals surface area contributed by atoms with E-state index in [1.54, 1.807) is 31.1 Å². The predicted octanol–water partition coefficient (Wildman–Crippen LogP) is 3.22. The van der Waals surface area contributed by atoms with Gasteiger partial charge in [-0.1, -0.05) is 0 Å². The van der Waals surface area contributed by atoms with E-state index in [0.717, 1.165) is 11.8 Å². The van der Waals surface area contributed by atoms with Crippen LogP contribution in [0.3, 0.4) is 0 Å². The first-order valence-electron chi connectivity index (χ1n) is 8.66. The van der Waals surface area contributed by atoms with Gasteiger partial charge < -0.3 is 14.4 Å². The molecule has 1 amide bonds. The van der Waals surface area contributed by atoms with Crippen molar-refractivity contribution in [1.29, 1.82) is 0 Å². The molecule has 1 fully saturated rings. The van der Waals surface area contributed by atoms with Crippen molar-refractivity contribution in [2.45, 2.75) is 19.5 Å². The van der Waals surface area contributed by atoms with Crippen LogP contribution in [0.5, 0.6) is 11.5 Å². The molecule has 3 rings (SSSR count). The van der Waals surface area contributed by atoms with Crippen LogP contribution in [0.25, 0.3) is 0 Å². The van der Waals surface area contributed by atoms with Crippen molar-refractivity contribution in [3.8, 4) is 11.5 Å². The van der Waals surface area contributed by atoms with Crippen LogP contribution in [0.15, 0.2) is 36.4 Å². The highest BCUT2D eigenvalue weighted by molar-refractivity contribution is 5.97. The number of nitrogens with zero attached hydrogens (tertiary/aromatic N) is 2. The van der Waals surface area contributed by atoms with Crippen molar-refractivity contribution >= 4 is 11.6 Å². The molecule has 5 nitrogen and oxygen atoms in total. The van der Waals surface area contributed by atoms with E-state index >= 15 is 0 Å². The normalized spacial score (nSPS) is 17.9. The highest BCUT2D eigenvalue weighted by atomic mass is 19.2. The minimum Gasteiger partial charge on any atom is -0.497 e. The number of piperazine rings is 1. The molecule has 1 atom stereocenters. The molecular weight excluding hydrogens is 354 g/mol. The largest absolute Gasteiger partial charge is 0.497 e. The summed E-state index contributed by atoms with van der Waals surface area (Å²) in [5, 5.41) is 0. The Morgan fingerprint density at radius 2 is 1.74 bits per heavy atom. The summed E-state index contributed by atoms with van der Waals surface area (Å²) in [6.07, 6.45) is 0. The number of amides is 1. The third kappa shape index (κ3) is 3.73. The van der Waals surface area contributed by atoms with Crippen LogP contribution in [0.1, 0.15) is 12.5 Å². The number of methoxy groups -OCH3 is 2. The maximum atomic E-state index is 14.3. The van der Waals surface area contributed by atoms with Crippen LogP contribution in [0.4, 0.5) is 14.5 Å². The molecule has 0 saturated carbocycles. The van der Waals surface area contributed by atoms with Gasteiger partial charge in [0.25, 0.3) is 0 Å². The van der Waals surface area contributed by atoms with E-state index < -0.39 is 17.7 Å². The topological polar surface area (TPSA) is 42.0 Å². The first-order chi connectivity index (χ1) is 13.0. The number of rotatable bonds is 5. The van der Waals surface area contributed by atoms with E-state index in [1.807, 2.05) is 17.0 Å². The van der Waals surface area contributed by atoms with E-state index in [-0.39, 0.29) is 23.8 Å². The van der Waals surface area contributed by atoms with Gasteiger partial charge in [0, 0.05) is 30.9 Å². The quantitative estimate of drug-likeness (QED) is 0.804. The molecule has 1 heterocycles. The van der Waals surface area contributed by atoms with Crippen LogP contribution in [-0.2, 0) is 11.3 Å². The third-order valence-electron chi connectivity index (χ3n) is 4.90. The zero-order chi connectivity index (χ0) is 19.6. The van der Waals surface area contributed by atoms with E-state index in [0.29, 0.717) is 18.8 Å². The Bertz CT molecular complexity index is 827. The van der Waals surface area contributed by atoms with Crippen molar-refractivity contribution in [3.05, 3.63) is 53.6 Å². The summed E-state index contributed by atoms with van der Waals surface area (Å²) >= 11 is 0. The summed E-state index contributed by atoms with van der Waals surface area (Å²) in [5.41, 5.74) is 0.900. The van der Waals surface area contributed by atoms with Gasteiger partial charge in [-0.15, -0.1) is 0 Å². The van der Waals surface area contributed by atoms with Gasteiger partial charge in [-0.3, -0.25) is 9.69 Å². The molecule has 2 aromatic carbocycles. The molecule has 0 bridgehead atoms. The van der Waals surface area contributed by atoms with Crippen LogP contribution in [0.2, 0.25) is 0 Å². The SMILES string of the molecule is COc1ccc(N2CCN(Cc3c(OC)ccc(F)c3F)[C@H](C)C2=O)cc1. The summed E-state index contributed by atoms with van der Waals surface area (Å²) in [7, 11) is 2.99.